The van der Waals surface area contributed by atoms with Crippen molar-refractivity contribution in [3.05, 3.63) is 0 Å². The molecule has 0 radical (unpaired) electrons. The standard InChI is InChI=1S/C20H37NO/c1-21-14-19(13-18-8-4-5-9-20(18)22)17-11-10-15-6-2-3-7-16(15)12-17/h15-22H,2-14H2,1H3/t15?,16?,17?,18?,19-,20?/m0/s1. The highest BCUT2D eigenvalue weighted by molar-refractivity contribution is 4.88. The third-order valence-corrected chi connectivity index (χ3v) is 7.19. The monoisotopic (exact) mass is 307 g/mol. The molecule has 0 aliphatic heterocycles. The molecular formula is C20H37NO. The predicted octanol–water partition coefficient (Wildman–Crippen LogP) is 4.37. The van der Waals surface area contributed by atoms with Gasteiger partial charge in [0.15, 0.2) is 0 Å². The van der Waals surface area contributed by atoms with Gasteiger partial charge in [0.2, 0.25) is 0 Å². The summed E-state index contributed by atoms with van der Waals surface area (Å²) >= 11 is 0. The van der Waals surface area contributed by atoms with Gasteiger partial charge < -0.3 is 10.4 Å². The quantitative estimate of drug-likeness (QED) is 0.790. The molecule has 0 bridgehead atoms. The second-order valence-corrected chi connectivity index (χ2v) is 8.54. The second-order valence-electron chi connectivity index (χ2n) is 8.54. The van der Waals surface area contributed by atoms with E-state index in [9.17, 15) is 5.11 Å². The Morgan fingerprint density at radius 3 is 2.41 bits per heavy atom. The molecule has 0 spiro atoms. The van der Waals surface area contributed by atoms with E-state index in [2.05, 4.69) is 12.4 Å². The van der Waals surface area contributed by atoms with Gasteiger partial charge >= 0.3 is 0 Å². The third-order valence-electron chi connectivity index (χ3n) is 7.19. The lowest BCUT2D eigenvalue weighted by Crippen LogP contribution is -2.37. The number of fused-ring (bicyclic) bond motifs is 1. The Hall–Kier alpha value is -0.0800. The fourth-order valence-electron chi connectivity index (χ4n) is 5.89. The van der Waals surface area contributed by atoms with Crippen LogP contribution in [-0.4, -0.2) is 24.8 Å². The topological polar surface area (TPSA) is 32.3 Å². The van der Waals surface area contributed by atoms with Crippen molar-refractivity contribution in [1.29, 1.82) is 0 Å². The lowest BCUT2D eigenvalue weighted by Gasteiger charge is -2.43. The maximum absolute atomic E-state index is 10.4. The zero-order chi connectivity index (χ0) is 15.4. The molecule has 5 unspecified atom stereocenters. The molecule has 0 saturated heterocycles. The number of hydrogen-bond acceptors (Lipinski definition) is 2. The molecule has 6 atom stereocenters. The van der Waals surface area contributed by atoms with E-state index in [1.807, 2.05) is 0 Å². The number of nitrogens with one attached hydrogen (secondary N) is 1. The minimum absolute atomic E-state index is 0.0147. The van der Waals surface area contributed by atoms with Gasteiger partial charge in [-0.25, -0.2) is 0 Å². The first-order valence-corrected chi connectivity index (χ1v) is 10.1. The minimum atomic E-state index is -0.0147. The van der Waals surface area contributed by atoms with Crippen molar-refractivity contribution in [1.82, 2.24) is 5.32 Å². The molecule has 3 rings (SSSR count). The second kappa shape index (κ2) is 8.15. The molecule has 0 heterocycles. The van der Waals surface area contributed by atoms with E-state index in [0.29, 0.717) is 5.92 Å². The lowest BCUT2D eigenvalue weighted by molar-refractivity contribution is 0.0356. The molecule has 2 N–H and O–H groups in total. The first-order valence-electron chi connectivity index (χ1n) is 10.1. The van der Waals surface area contributed by atoms with Crippen LogP contribution in [0, 0.1) is 29.6 Å². The molecule has 22 heavy (non-hydrogen) atoms. The fourth-order valence-corrected chi connectivity index (χ4v) is 5.89. The van der Waals surface area contributed by atoms with Gasteiger partial charge in [0, 0.05) is 0 Å². The Morgan fingerprint density at radius 1 is 0.909 bits per heavy atom. The lowest BCUT2D eigenvalue weighted by atomic mass is 9.63. The van der Waals surface area contributed by atoms with Crippen LogP contribution >= 0.6 is 0 Å². The Balaban J connectivity index is 1.58. The largest absolute Gasteiger partial charge is 0.393 e. The summed E-state index contributed by atoms with van der Waals surface area (Å²) in [5.41, 5.74) is 0. The molecule has 128 valence electrons. The Bertz CT molecular complexity index is 332. The predicted molar refractivity (Wildman–Crippen MR) is 92.8 cm³/mol. The van der Waals surface area contributed by atoms with E-state index >= 15 is 0 Å². The fraction of sp³-hybridized carbons (Fsp3) is 1.00. The summed E-state index contributed by atoms with van der Waals surface area (Å²) in [4.78, 5) is 0. The maximum Gasteiger partial charge on any atom is 0.0568 e. The summed E-state index contributed by atoms with van der Waals surface area (Å²) in [5, 5.41) is 13.8. The van der Waals surface area contributed by atoms with E-state index in [-0.39, 0.29) is 6.10 Å². The normalized spacial score (nSPS) is 40.9. The average molecular weight is 308 g/mol. The van der Waals surface area contributed by atoms with E-state index in [4.69, 9.17) is 0 Å². The number of aliphatic hydroxyl groups is 1. The summed E-state index contributed by atoms with van der Waals surface area (Å²) < 4.78 is 0. The highest BCUT2D eigenvalue weighted by atomic mass is 16.3. The van der Waals surface area contributed by atoms with Crippen LogP contribution in [0.4, 0.5) is 0 Å². The van der Waals surface area contributed by atoms with E-state index < -0.39 is 0 Å². The van der Waals surface area contributed by atoms with E-state index in [0.717, 1.165) is 36.6 Å². The zero-order valence-corrected chi connectivity index (χ0v) is 14.6. The molecule has 3 fully saturated rings. The molecule has 3 saturated carbocycles. The highest BCUT2D eigenvalue weighted by Crippen LogP contribution is 2.46. The Morgan fingerprint density at radius 2 is 1.64 bits per heavy atom. The van der Waals surface area contributed by atoms with Crippen molar-refractivity contribution < 1.29 is 5.11 Å². The number of aliphatic hydroxyl groups excluding tert-OH is 1. The summed E-state index contributed by atoms with van der Waals surface area (Å²) in [7, 11) is 2.11. The van der Waals surface area contributed by atoms with Crippen molar-refractivity contribution >= 4 is 0 Å². The van der Waals surface area contributed by atoms with Crippen molar-refractivity contribution in [2.24, 2.45) is 29.6 Å². The van der Waals surface area contributed by atoms with Gasteiger partial charge in [-0.3, -0.25) is 0 Å². The van der Waals surface area contributed by atoms with Crippen LogP contribution < -0.4 is 5.32 Å². The Kier molecular flexibility index (Phi) is 6.21. The minimum Gasteiger partial charge on any atom is -0.393 e. The van der Waals surface area contributed by atoms with Crippen molar-refractivity contribution in [2.45, 2.75) is 83.2 Å². The van der Waals surface area contributed by atoms with Gasteiger partial charge in [-0.15, -0.1) is 0 Å². The molecule has 3 aliphatic rings. The van der Waals surface area contributed by atoms with Crippen molar-refractivity contribution in [2.75, 3.05) is 13.6 Å². The molecule has 0 aromatic heterocycles. The Labute approximate surface area is 137 Å². The van der Waals surface area contributed by atoms with Crippen LogP contribution in [0.15, 0.2) is 0 Å². The summed E-state index contributed by atoms with van der Waals surface area (Å²) in [6.07, 6.45) is 16.5. The molecule has 0 aromatic rings. The SMILES string of the molecule is CNC[C@H](CC1CCCCC1O)C1CCC2CCCCC2C1. The van der Waals surface area contributed by atoms with E-state index in [1.165, 1.54) is 70.6 Å². The van der Waals surface area contributed by atoms with Crippen LogP contribution in [0.5, 0.6) is 0 Å². The van der Waals surface area contributed by atoms with Crippen LogP contribution in [-0.2, 0) is 0 Å². The number of rotatable bonds is 5. The van der Waals surface area contributed by atoms with Crippen LogP contribution in [0.25, 0.3) is 0 Å². The highest BCUT2D eigenvalue weighted by Gasteiger charge is 2.36. The van der Waals surface area contributed by atoms with Crippen molar-refractivity contribution in [3.63, 3.8) is 0 Å². The summed E-state index contributed by atoms with van der Waals surface area (Å²) in [6.45, 7) is 1.16. The zero-order valence-electron chi connectivity index (χ0n) is 14.6. The smallest absolute Gasteiger partial charge is 0.0568 e. The maximum atomic E-state index is 10.4. The van der Waals surface area contributed by atoms with Crippen LogP contribution in [0.3, 0.4) is 0 Å². The van der Waals surface area contributed by atoms with Gasteiger partial charge in [0.05, 0.1) is 6.10 Å². The molecule has 2 heteroatoms. The van der Waals surface area contributed by atoms with Crippen molar-refractivity contribution in [3.8, 4) is 0 Å². The molecule has 0 amide bonds. The van der Waals surface area contributed by atoms with E-state index in [1.54, 1.807) is 0 Å². The molecule has 3 aliphatic carbocycles. The van der Waals surface area contributed by atoms with Gasteiger partial charge in [-0.2, -0.15) is 0 Å². The van der Waals surface area contributed by atoms with Gasteiger partial charge in [0.25, 0.3) is 0 Å². The molecule has 0 aromatic carbocycles. The first-order chi connectivity index (χ1) is 10.8. The van der Waals surface area contributed by atoms with Gasteiger partial charge in [-0.1, -0.05) is 38.5 Å². The third kappa shape index (κ3) is 4.06. The van der Waals surface area contributed by atoms with Gasteiger partial charge in [0.1, 0.15) is 0 Å². The molecular weight excluding hydrogens is 270 g/mol. The average Bonchev–Trinajstić information content (AvgIpc) is 2.56. The first kappa shape index (κ1) is 16.8. The van der Waals surface area contributed by atoms with Crippen LogP contribution in [0.2, 0.25) is 0 Å². The molecule has 2 nitrogen and oxygen atoms in total. The summed E-state index contributed by atoms with van der Waals surface area (Å²) in [5.74, 6) is 4.38. The van der Waals surface area contributed by atoms with Crippen LogP contribution in [0.1, 0.15) is 77.0 Å². The van der Waals surface area contributed by atoms with Gasteiger partial charge in [-0.05, 0) is 81.7 Å². The number of hydrogen-bond donors (Lipinski definition) is 2. The summed E-state index contributed by atoms with van der Waals surface area (Å²) in [6, 6.07) is 0.